The van der Waals surface area contributed by atoms with Gasteiger partial charge in [-0.3, -0.25) is 0 Å². The molecule has 2 atom stereocenters. The maximum Gasteiger partial charge on any atom is 1.00 e. The van der Waals surface area contributed by atoms with Crippen LogP contribution in [-0.4, -0.2) is 5.91 Å². The summed E-state index contributed by atoms with van der Waals surface area (Å²) >= 11 is 0. The molecule has 1 heterocycles. The molecule has 1 aliphatic heterocycles. The van der Waals surface area contributed by atoms with E-state index in [4.69, 9.17) is 0 Å². The maximum absolute atomic E-state index is 12.1. The van der Waals surface area contributed by atoms with Crippen LogP contribution in [-0.2, 0) is 11.2 Å². The molecular weight excluding hydrogens is 320 g/mol. The second kappa shape index (κ2) is 5.49. The van der Waals surface area contributed by atoms with Crippen LogP contribution in [0, 0.1) is 0 Å². The van der Waals surface area contributed by atoms with Gasteiger partial charge in [0, 0.05) is 5.92 Å². The fourth-order valence-corrected chi connectivity index (χ4v) is 3.33. The third-order valence-corrected chi connectivity index (χ3v) is 4.33. The second-order valence-corrected chi connectivity index (χ2v) is 5.39. The first-order valence-corrected chi connectivity index (χ1v) is 6.70. The normalized spacial score (nSPS) is 22.1. The average Bonchev–Trinajstić information content (AvgIpc) is 2.44. The molecule has 0 fully saturated rings. The predicted molar refractivity (Wildman–Crippen MR) is 74.3 cm³/mol. The van der Waals surface area contributed by atoms with Crippen molar-refractivity contribution in [3.8, 4) is 0 Å². The Kier molecular flexibility index (Phi) is 4.02. The van der Waals surface area contributed by atoms with Gasteiger partial charge in [0.15, 0.2) is 0 Å². The van der Waals surface area contributed by atoms with Gasteiger partial charge in [0.05, 0.1) is 5.91 Å². The van der Waals surface area contributed by atoms with Crippen molar-refractivity contribution < 1.29 is 63.0 Å². The minimum absolute atomic E-state index is 0. The molecule has 0 saturated heterocycles. The Bertz CT molecular complexity index is 695. The Balaban J connectivity index is 0.00000121. The minimum Gasteiger partial charge on any atom is -0.643 e. The topological polar surface area (TPSA) is 31.2 Å². The van der Waals surface area contributed by atoms with E-state index < -0.39 is 0 Å². The first-order valence-electron chi connectivity index (χ1n) is 6.70. The first kappa shape index (κ1) is 14.6. The molecule has 0 spiro atoms. The molecule has 2 nitrogen and oxygen atoms in total. The second-order valence-electron chi connectivity index (χ2n) is 5.39. The molecular formula is C17H14NORb. The van der Waals surface area contributed by atoms with Gasteiger partial charge in [-0.2, -0.15) is 0 Å². The van der Waals surface area contributed by atoms with Crippen molar-refractivity contribution in [1.82, 2.24) is 0 Å². The Hall–Kier alpha value is -0.285. The molecule has 3 heteroatoms. The molecule has 0 N–H and O–H groups in total. The molecule has 94 valence electrons. The molecule has 1 amide bonds. The van der Waals surface area contributed by atoms with Gasteiger partial charge < -0.3 is 10.1 Å². The molecule has 0 radical (unpaired) electrons. The zero-order valence-corrected chi connectivity index (χ0v) is 16.7. The molecule has 0 bridgehead atoms. The molecule has 4 rings (SSSR count). The van der Waals surface area contributed by atoms with E-state index >= 15 is 0 Å². The summed E-state index contributed by atoms with van der Waals surface area (Å²) in [6.07, 6.45) is 0.951. The van der Waals surface area contributed by atoms with Crippen LogP contribution >= 0.6 is 0 Å². The van der Waals surface area contributed by atoms with E-state index in [1.165, 1.54) is 22.3 Å². The van der Waals surface area contributed by atoms with Crippen molar-refractivity contribution in [1.29, 1.82) is 0 Å². The summed E-state index contributed by atoms with van der Waals surface area (Å²) in [4.78, 5) is 12.1. The standard InChI is InChI=1S/C17H15NO.Rb/c1-10-13-8-4-6-12-9-11-5-2-3-7-14(11)16(15(12)13)18-17(10)19;/h2-8,10,16H,9H2,1H3,(H,18,19);/q;+1/p-1. The van der Waals surface area contributed by atoms with Gasteiger partial charge in [0.1, 0.15) is 0 Å². The number of amides is 1. The summed E-state index contributed by atoms with van der Waals surface area (Å²) in [5, 5.41) is 4.44. The van der Waals surface area contributed by atoms with Crippen molar-refractivity contribution >= 4 is 5.91 Å². The summed E-state index contributed by atoms with van der Waals surface area (Å²) < 4.78 is 0. The molecule has 2 aliphatic rings. The van der Waals surface area contributed by atoms with Crippen LogP contribution in [0.2, 0.25) is 0 Å². The number of nitrogens with zero attached hydrogens (tertiary/aromatic N) is 1. The molecule has 2 aromatic carbocycles. The number of hydrogen-bond acceptors (Lipinski definition) is 1. The van der Waals surface area contributed by atoms with Crippen molar-refractivity contribution in [3.63, 3.8) is 0 Å². The van der Waals surface area contributed by atoms with Crippen molar-refractivity contribution in [2.75, 3.05) is 0 Å². The number of carbonyl (C=O) groups excluding carboxylic acids is 1. The monoisotopic (exact) mass is 333 g/mol. The fourth-order valence-electron chi connectivity index (χ4n) is 3.33. The number of benzene rings is 2. The summed E-state index contributed by atoms with van der Waals surface area (Å²) in [5.41, 5.74) is 6.25. The summed E-state index contributed by atoms with van der Waals surface area (Å²) in [6.45, 7) is 1.96. The first-order chi connectivity index (χ1) is 9.25. The number of carbonyl (C=O) groups is 1. The Morgan fingerprint density at radius 3 is 2.55 bits per heavy atom. The molecule has 0 saturated carbocycles. The zero-order valence-electron chi connectivity index (χ0n) is 11.8. The molecule has 1 aliphatic carbocycles. The van der Waals surface area contributed by atoms with Crippen LogP contribution in [0.3, 0.4) is 0 Å². The SMILES string of the molecule is CC1C(=O)[N-]C2c3ccccc3Cc3cccc1c32.[Rb+]. The zero-order chi connectivity index (χ0) is 13.0. The number of fused-ring (bicyclic) bond motifs is 2. The van der Waals surface area contributed by atoms with Gasteiger partial charge in [-0.05, 0) is 23.1 Å². The van der Waals surface area contributed by atoms with Crippen LogP contribution in [0.1, 0.15) is 46.7 Å². The molecule has 2 unspecified atom stereocenters. The fraction of sp³-hybridized carbons (Fsp3) is 0.235. The van der Waals surface area contributed by atoms with Gasteiger partial charge in [0.25, 0.3) is 0 Å². The van der Waals surface area contributed by atoms with Gasteiger partial charge in [-0.25, -0.2) is 0 Å². The largest absolute Gasteiger partial charge is 1.00 e. The van der Waals surface area contributed by atoms with E-state index in [1.807, 2.05) is 13.0 Å². The van der Waals surface area contributed by atoms with Gasteiger partial charge in [-0.15, -0.1) is 0 Å². The average molecular weight is 334 g/mol. The van der Waals surface area contributed by atoms with Crippen LogP contribution in [0.25, 0.3) is 5.32 Å². The van der Waals surface area contributed by atoms with E-state index in [1.54, 1.807) is 0 Å². The van der Waals surface area contributed by atoms with E-state index in [0.717, 1.165) is 12.0 Å². The van der Waals surface area contributed by atoms with Gasteiger partial charge >= 0.3 is 58.2 Å². The number of hydrogen-bond donors (Lipinski definition) is 0. The van der Waals surface area contributed by atoms with Gasteiger partial charge in [0.2, 0.25) is 0 Å². The quantitative estimate of drug-likeness (QED) is 0.698. The van der Waals surface area contributed by atoms with E-state index in [9.17, 15) is 4.79 Å². The van der Waals surface area contributed by atoms with Crippen molar-refractivity contribution in [2.45, 2.75) is 25.3 Å². The summed E-state index contributed by atoms with van der Waals surface area (Å²) in [6, 6.07) is 14.6. The van der Waals surface area contributed by atoms with Crippen LogP contribution in [0.15, 0.2) is 42.5 Å². The van der Waals surface area contributed by atoms with E-state index in [-0.39, 0.29) is 76.1 Å². The number of rotatable bonds is 0. The molecule has 20 heavy (non-hydrogen) atoms. The molecule has 2 aromatic rings. The maximum atomic E-state index is 12.1. The third kappa shape index (κ3) is 2.09. The summed E-state index contributed by atoms with van der Waals surface area (Å²) in [7, 11) is 0. The van der Waals surface area contributed by atoms with Crippen LogP contribution in [0.5, 0.6) is 0 Å². The van der Waals surface area contributed by atoms with Gasteiger partial charge in [-0.1, -0.05) is 66.6 Å². The van der Waals surface area contributed by atoms with Crippen LogP contribution < -0.4 is 58.2 Å². The third-order valence-electron chi connectivity index (χ3n) is 4.33. The van der Waals surface area contributed by atoms with Crippen molar-refractivity contribution in [2.24, 2.45) is 0 Å². The predicted octanol–water partition coefficient (Wildman–Crippen LogP) is 0.702. The Morgan fingerprint density at radius 2 is 1.70 bits per heavy atom. The molecule has 0 aromatic heterocycles. The van der Waals surface area contributed by atoms with E-state index in [0.29, 0.717) is 0 Å². The minimum atomic E-state index is -0.100. The van der Waals surface area contributed by atoms with Crippen LogP contribution in [0.4, 0.5) is 0 Å². The smallest absolute Gasteiger partial charge is 0.643 e. The van der Waals surface area contributed by atoms with Crippen molar-refractivity contribution in [3.05, 3.63) is 75.6 Å². The Labute approximate surface area is 167 Å². The van der Waals surface area contributed by atoms with E-state index in [2.05, 4.69) is 41.7 Å². The Morgan fingerprint density at radius 1 is 1.00 bits per heavy atom. The summed E-state index contributed by atoms with van der Waals surface area (Å²) in [5.74, 6) is -0.0946.